The van der Waals surface area contributed by atoms with Crippen molar-refractivity contribution >= 4 is 5.96 Å². The molecule has 2 fully saturated rings. The predicted molar refractivity (Wildman–Crippen MR) is 98.2 cm³/mol. The molecule has 0 aliphatic carbocycles. The summed E-state index contributed by atoms with van der Waals surface area (Å²) in [7, 11) is 1.89. The van der Waals surface area contributed by atoms with Gasteiger partial charge < -0.3 is 14.6 Å². The van der Waals surface area contributed by atoms with Crippen molar-refractivity contribution in [2.24, 2.45) is 10.9 Å². The van der Waals surface area contributed by atoms with Crippen LogP contribution in [0.1, 0.15) is 50.8 Å². The number of rotatable bonds is 4. The maximum atomic E-state index is 5.74. The zero-order valence-corrected chi connectivity index (χ0v) is 15.2. The summed E-state index contributed by atoms with van der Waals surface area (Å²) in [5, 5.41) is 3.61. The first-order chi connectivity index (χ1) is 11.8. The number of furan rings is 1. The van der Waals surface area contributed by atoms with Crippen molar-refractivity contribution in [3.63, 3.8) is 0 Å². The van der Waals surface area contributed by atoms with Crippen molar-refractivity contribution in [1.82, 2.24) is 15.1 Å². The summed E-state index contributed by atoms with van der Waals surface area (Å²) < 4.78 is 5.74. The van der Waals surface area contributed by atoms with Gasteiger partial charge in [-0.1, -0.05) is 13.3 Å². The smallest absolute Gasteiger partial charge is 0.193 e. The Labute approximate surface area is 146 Å². The minimum absolute atomic E-state index is 0.292. The molecule has 1 aromatic rings. The summed E-state index contributed by atoms with van der Waals surface area (Å²) in [5.41, 5.74) is 0. The van der Waals surface area contributed by atoms with E-state index in [2.05, 4.69) is 33.1 Å². The van der Waals surface area contributed by atoms with E-state index in [0.29, 0.717) is 6.04 Å². The van der Waals surface area contributed by atoms with Gasteiger partial charge in [0, 0.05) is 26.7 Å². The lowest BCUT2D eigenvalue weighted by molar-refractivity contribution is 0.145. The number of likely N-dealkylation sites (tertiary alicyclic amines) is 2. The van der Waals surface area contributed by atoms with Crippen LogP contribution in [-0.2, 0) is 0 Å². The molecule has 5 nitrogen and oxygen atoms in total. The molecule has 24 heavy (non-hydrogen) atoms. The second-order valence-corrected chi connectivity index (χ2v) is 7.23. The van der Waals surface area contributed by atoms with Crippen LogP contribution in [-0.4, -0.2) is 55.5 Å². The lowest BCUT2D eigenvalue weighted by atomic mass is 9.99. The highest BCUT2D eigenvalue weighted by Gasteiger charge is 2.26. The van der Waals surface area contributed by atoms with Crippen LogP contribution in [0.2, 0.25) is 0 Å². The summed E-state index contributed by atoms with van der Waals surface area (Å²) in [6.07, 6.45) is 8.23. The number of aliphatic imine (C=N–C) groups is 1. The largest absolute Gasteiger partial charge is 0.468 e. The number of nitrogens with zero attached hydrogens (tertiary/aromatic N) is 3. The molecule has 0 radical (unpaired) electrons. The summed E-state index contributed by atoms with van der Waals surface area (Å²) in [5.74, 6) is 2.94. The van der Waals surface area contributed by atoms with Crippen LogP contribution in [0.3, 0.4) is 0 Å². The van der Waals surface area contributed by atoms with E-state index in [-0.39, 0.29) is 0 Å². The zero-order chi connectivity index (χ0) is 16.8. The molecule has 2 aliphatic heterocycles. The molecule has 0 aromatic carbocycles. The number of guanidine groups is 1. The third-order valence-electron chi connectivity index (χ3n) is 5.45. The average molecular weight is 332 g/mol. The van der Waals surface area contributed by atoms with Crippen molar-refractivity contribution in [3.8, 4) is 0 Å². The third kappa shape index (κ3) is 4.32. The number of hydrogen-bond acceptors (Lipinski definition) is 3. The Morgan fingerprint density at radius 1 is 1.25 bits per heavy atom. The van der Waals surface area contributed by atoms with E-state index in [1.54, 1.807) is 6.26 Å². The maximum absolute atomic E-state index is 5.74. The number of piperidine rings is 2. The fraction of sp³-hybridized carbons (Fsp3) is 0.737. The quantitative estimate of drug-likeness (QED) is 0.680. The molecule has 1 unspecified atom stereocenters. The van der Waals surface area contributed by atoms with E-state index < -0.39 is 0 Å². The fourth-order valence-corrected chi connectivity index (χ4v) is 3.86. The minimum atomic E-state index is 0.292. The highest BCUT2D eigenvalue weighted by Crippen LogP contribution is 2.24. The van der Waals surface area contributed by atoms with Crippen molar-refractivity contribution in [1.29, 1.82) is 0 Å². The van der Waals surface area contributed by atoms with E-state index in [0.717, 1.165) is 50.4 Å². The van der Waals surface area contributed by atoms with Crippen LogP contribution in [0.25, 0.3) is 0 Å². The summed E-state index contributed by atoms with van der Waals surface area (Å²) in [6.45, 7) is 7.73. The van der Waals surface area contributed by atoms with Crippen LogP contribution in [0.15, 0.2) is 27.8 Å². The second kappa shape index (κ2) is 8.56. The van der Waals surface area contributed by atoms with Gasteiger partial charge in [-0.3, -0.25) is 9.89 Å². The topological polar surface area (TPSA) is 44.0 Å². The van der Waals surface area contributed by atoms with Crippen LogP contribution in [0, 0.1) is 5.92 Å². The van der Waals surface area contributed by atoms with E-state index >= 15 is 0 Å². The molecule has 0 bridgehead atoms. The Balaban J connectivity index is 1.61. The van der Waals surface area contributed by atoms with Gasteiger partial charge in [-0.05, 0) is 56.8 Å². The minimum Gasteiger partial charge on any atom is -0.468 e. The van der Waals surface area contributed by atoms with Gasteiger partial charge in [0.15, 0.2) is 5.96 Å². The zero-order valence-electron chi connectivity index (χ0n) is 15.2. The van der Waals surface area contributed by atoms with Crippen LogP contribution in [0.4, 0.5) is 0 Å². The van der Waals surface area contributed by atoms with Gasteiger partial charge in [0.05, 0.1) is 12.3 Å². The van der Waals surface area contributed by atoms with Gasteiger partial charge in [-0.15, -0.1) is 0 Å². The number of hydrogen-bond donors (Lipinski definition) is 1. The molecule has 134 valence electrons. The van der Waals surface area contributed by atoms with E-state index in [4.69, 9.17) is 4.42 Å². The van der Waals surface area contributed by atoms with Crippen molar-refractivity contribution < 1.29 is 4.42 Å². The molecule has 1 N–H and O–H groups in total. The van der Waals surface area contributed by atoms with E-state index in [9.17, 15) is 0 Å². The van der Waals surface area contributed by atoms with Gasteiger partial charge in [0.25, 0.3) is 0 Å². The van der Waals surface area contributed by atoms with Crippen LogP contribution in [0.5, 0.6) is 0 Å². The highest BCUT2D eigenvalue weighted by atomic mass is 16.3. The molecule has 0 saturated carbocycles. The van der Waals surface area contributed by atoms with Gasteiger partial charge in [0.2, 0.25) is 0 Å². The summed E-state index contributed by atoms with van der Waals surface area (Å²) in [4.78, 5) is 9.47. The summed E-state index contributed by atoms with van der Waals surface area (Å²) >= 11 is 0. The first-order valence-electron chi connectivity index (χ1n) is 9.51. The monoisotopic (exact) mass is 332 g/mol. The maximum Gasteiger partial charge on any atom is 0.193 e. The second-order valence-electron chi connectivity index (χ2n) is 7.23. The lowest BCUT2D eigenvalue weighted by Crippen LogP contribution is -2.48. The fourth-order valence-electron chi connectivity index (χ4n) is 3.86. The van der Waals surface area contributed by atoms with Crippen molar-refractivity contribution in [2.45, 2.75) is 45.1 Å². The SMILES string of the molecule is CN=C(NCC(c1ccco1)N1CCCCC1)N1CCC(C)CC1. The molecule has 1 aromatic heterocycles. The Bertz CT molecular complexity index is 499. The molecular formula is C19H32N4O. The lowest BCUT2D eigenvalue weighted by Gasteiger charge is -2.36. The van der Waals surface area contributed by atoms with Gasteiger partial charge in [-0.2, -0.15) is 0 Å². The molecule has 2 saturated heterocycles. The standard InChI is InChI=1S/C19H32N4O/c1-16-8-12-23(13-9-16)19(20-2)21-15-17(18-7-6-14-24-18)22-10-4-3-5-11-22/h6-7,14,16-17H,3-5,8-13,15H2,1-2H3,(H,20,21). The first-order valence-corrected chi connectivity index (χ1v) is 9.51. The first kappa shape index (κ1) is 17.3. The van der Waals surface area contributed by atoms with Gasteiger partial charge in [-0.25, -0.2) is 0 Å². The van der Waals surface area contributed by atoms with Crippen molar-refractivity contribution in [2.75, 3.05) is 39.8 Å². The molecule has 2 aliphatic rings. The third-order valence-corrected chi connectivity index (χ3v) is 5.45. The molecule has 0 spiro atoms. The van der Waals surface area contributed by atoms with Gasteiger partial charge >= 0.3 is 0 Å². The normalized spacial score (nSPS) is 22.6. The van der Waals surface area contributed by atoms with Crippen LogP contribution >= 0.6 is 0 Å². The molecule has 5 heteroatoms. The van der Waals surface area contributed by atoms with E-state index in [1.807, 2.05) is 13.1 Å². The average Bonchev–Trinajstić information content (AvgIpc) is 3.15. The Kier molecular flexibility index (Phi) is 6.18. The molecular weight excluding hydrogens is 300 g/mol. The Morgan fingerprint density at radius 3 is 2.62 bits per heavy atom. The summed E-state index contributed by atoms with van der Waals surface area (Å²) in [6, 6.07) is 4.39. The predicted octanol–water partition coefficient (Wildman–Crippen LogP) is 3.11. The van der Waals surface area contributed by atoms with E-state index in [1.165, 1.54) is 32.1 Å². The molecule has 0 amide bonds. The van der Waals surface area contributed by atoms with Gasteiger partial charge in [0.1, 0.15) is 5.76 Å². The molecule has 3 rings (SSSR count). The Hall–Kier alpha value is -1.49. The highest BCUT2D eigenvalue weighted by molar-refractivity contribution is 5.80. The van der Waals surface area contributed by atoms with Crippen molar-refractivity contribution in [3.05, 3.63) is 24.2 Å². The number of nitrogens with one attached hydrogen (secondary N) is 1. The Morgan fingerprint density at radius 2 is 2.00 bits per heavy atom. The molecule has 3 heterocycles. The molecule has 1 atom stereocenters. The van der Waals surface area contributed by atoms with Crippen LogP contribution < -0.4 is 5.32 Å².